The van der Waals surface area contributed by atoms with Gasteiger partial charge < -0.3 is 16.2 Å². The van der Waals surface area contributed by atoms with Crippen molar-refractivity contribution in [2.75, 3.05) is 0 Å². The minimum atomic E-state index is -4.33. The van der Waals surface area contributed by atoms with Gasteiger partial charge in [-0.1, -0.05) is 0 Å². The topological polar surface area (TPSA) is 57.2 Å². The molecule has 0 heterocycles. The summed E-state index contributed by atoms with van der Waals surface area (Å²) in [5.74, 6) is 0. The maximum atomic E-state index is 8.89. The van der Waals surface area contributed by atoms with Crippen LogP contribution in [0, 0.1) is 0 Å². The third kappa shape index (κ3) is 68.8. The van der Waals surface area contributed by atoms with E-state index in [9.17, 15) is 0 Å². The van der Waals surface area contributed by atoms with E-state index in [4.69, 9.17) is 13.0 Å². The molecule has 0 aliphatic rings. The first kappa shape index (κ1) is 22.4. The fourth-order valence-electron chi connectivity index (χ4n) is 0. The van der Waals surface area contributed by atoms with Crippen molar-refractivity contribution < 1.29 is 72.1 Å². The van der Waals surface area contributed by atoms with Gasteiger partial charge in [-0.15, -0.1) is 0 Å². The van der Waals surface area contributed by atoms with Crippen LogP contribution in [0.25, 0.3) is 0 Å². The van der Waals surface area contributed by atoms with Crippen LogP contribution in [0.2, 0.25) is 0 Å². The summed E-state index contributed by atoms with van der Waals surface area (Å²) in [7, 11) is -4.33. The molecule has 0 saturated carbocycles. The van der Waals surface area contributed by atoms with Crippen LogP contribution >= 0.6 is 0 Å². The summed E-state index contributed by atoms with van der Waals surface area (Å²) in [6.45, 7) is 0. The minimum absolute atomic E-state index is 0. The predicted molar refractivity (Wildman–Crippen MR) is 25.6 cm³/mol. The molecule has 0 unspecified atom stereocenters. The zero-order valence-corrected chi connectivity index (χ0v) is 12.3. The molecule has 0 aromatic heterocycles. The molecule has 0 N–H and O–H groups in total. The van der Waals surface area contributed by atoms with Crippen LogP contribution in [-0.4, -0.2) is 30.0 Å². The van der Waals surface area contributed by atoms with E-state index in [0.717, 1.165) is 0 Å². The molecular weight excluding hydrogens is 237 g/mol. The first-order valence-corrected chi connectivity index (χ1v) is 3.00. The van der Waals surface area contributed by atoms with Crippen LogP contribution < -0.4 is 59.1 Å². The van der Waals surface area contributed by atoms with E-state index in [0.29, 0.717) is 0 Å². The Kier molecular flexibility index (Phi) is 27.4. The summed E-state index contributed by atoms with van der Waals surface area (Å²) in [6, 6.07) is 0. The van der Waals surface area contributed by atoms with Crippen molar-refractivity contribution in [2.45, 2.75) is 0 Å². The SMILES string of the molecule is O=S(=O)([O-])[S-].[Na+].[Na+].[SeH2]. The molecule has 0 aliphatic heterocycles. The Morgan fingerprint density at radius 1 is 1.25 bits per heavy atom. The summed E-state index contributed by atoms with van der Waals surface area (Å²) in [5, 5.41) is 0. The van der Waals surface area contributed by atoms with E-state index >= 15 is 0 Å². The van der Waals surface area contributed by atoms with E-state index < -0.39 is 9.15 Å². The van der Waals surface area contributed by atoms with Crippen molar-refractivity contribution in [1.29, 1.82) is 0 Å². The van der Waals surface area contributed by atoms with Gasteiger partial charge in [0.25, 0.3) is 0 Å². The van der Waals surface area contributed by atoms with Gasteiger partial charge in [-0.2, -0.15) is 0 Å². The molecule has 0 bridgehead atoms. The Bertz CT molecular complexity index is 98.5. The average molecular weight is 239 g/mol. The van der Waals surface area contributed by atoms with E-state index in [1.165, 1.54) is 0 Å². The molecule has 0 radical (unpaired) electrons. The van der Waals surface area contributed by atoms with E-state index in [1.807, 2.05) is 0 Å². The normalized spacial score (nSPS) is 7.25. The fourth-order valence-corrected chi connectivity index (χ4v) is 0. The molecule has 0 spiro atoms. The van der Waals surface area contributed by atoms with Crippen molar-refractivity contribution in [3.05, 3.63) is 0 Å². The Morgan fingerprint density at radius 3 is 1.25 bits per heavy atom. The summed E-state index contributed by atoms with van der Waals surface area (Å²) in [4.78, 5) is 0. The van der Waals surface area contributed by atoms with Gasteiger partial charge in [0, 0.05) is 0 Å². The van der Waals surface area contributed by atoms with Crippen molar-refractivity contribution in [1.82, 2.24) is 0 Å². The molecule has 0 aromatic carbocycles. The quantitative estimate of drug-likeness (QED) is 0.182. The molecule has 0 atom stereocenters. The van der Waals surface area contributed by atoms with Crippen LogP contribution in [0.15, 0.2) is 0 Å². The van der Waals surface area contributed by atoms with Gasteiger partial charge in [-0.25, -0.2) is 0 Å². The Labute approximate surface area is 108 Å². The molecule has 3 nitrogen and oxygen atoms in total. The second-order valence-corrected chi connectivity index (χ2v) is 2.45. The molecular formula is H2Na2O3S2Se. The van der Waals surface area contributed by atoms with Crippen molar-refractivity contribution >= 4 is 37.9 Å². The van der Waals surface area contributed by atoms with Gasteiger partial charge in [-0.05, 0) is 9.15 Å². The van der Waals surface area contributed by atoms with Crippen molar-refractivity contribution in [3.8, 4) is 0 Å². The van der Waals surface area contributed by atoms with Crippen molar-refractivity contribution in [2.24, 2.45) is 0 Å². The van der Waals surface area contributed by atoms with E-state index in [1.54, 1.807) is 0 Å². The molecule has 8 heavy (non-hydrogen) atoms. The Balaban J connectivity index is -0.0000000267. The van der Waals surface area contributed by atoms with Gasteiger partial charge in [-0.3, -0.25) is 8.42 Å². The number of hydrogen-bond donors (Lipinski definition) is 0. The Hall–Kier alpha value is 2.78. The van der Waals surface area contributed by atoms with Gasteiger partial charge in [0.05, 0.1) is 0 Å². The molecule has 0 fully saturated rings. The molecule has 0 saturated heterocycles. The number of rotatable bonds is 0. The third-order valence-corrected chi connectivity index (χ3v) is 0. The molecule has 0 aromatic rings. The maximum absolute atomic E-state index is 8.89. The molecule has 8 heteroatoms. The predicted octanol–water partition coefficient (Wildman–Crippen LogP) is -7.91. The van der Waals surface area contributed by atoms with Gasteiger partial charge in [0.15, 0.2) is 0 Å². The van der Waals surface area contributed by atoms with Gasteiger partial charge in [0.2, 0.25) is 0 Å². The third-order valence-electron chi connectivity index (χ3n) is 0. The first-order valence-electron chi connectivity index (χ1n) is 0.667. The number of hydrogen-bond acceptors (Lipinski definition) is 4. The average Bonchev–Trinajstić information content (AvgIpc) is 0.722. The second kappa shape index (κ2) is 9.78. The summed E-state index contributed by atoms with van der Waals surface area (Å²) in [5.41, 5.74) is 0. The van der Waals surface area contributed by atoms with Gasteiger partial charge in [0.1, 0.15) is 0 Å². The zero-order chi connectivity index (χ0) is 4.50. The van der Waals surface area contributed by atoms with E-state index in [2.05, 4.69) is 11.7 Å². The molecule has 40 valence electrons. The monoisotopic (exact) mass is 240 g/mol. The molecule has 0 amide bonds. The standard InChI is InChI=1S/2Na.H2O3S2.H2Se/c;;1-5(2,3)4;/h;;(H2,1,2,3,4);1H2/q2*+1;;/p-2. The first-order chi connectivity index (χ1) is 2.00. The van der Waals surface area contributed by atoms with Crippen LogP contribution in [-0.2, 0) is 20.8 Å². The van der Waals surface area contributed by atoms with Crippen LogP contribution in [0.4, 0.5) is 0 Å². The van der Waals surface area contributed by atoms with Crippen molar-refractivity contribution in [3.63, 3.8) is 0 Å². The summed E-state index contributed by atoms with van der Waals surface area (Å²) in [6.07, 6.45) is 0. The van der Waals surface area contributed by atoms with Crippen LogP contribution in [0.5, 0.6) is 0 Å². The fraction of sp³-hybridized carbons (Fsp3) is 0. The van der Waals surface area contributed by atoms with Crippen LogP contribution in [0.3, 0.4) is 0 Å². The summed E-state index contributed by atoms with van der Waals surface area (Å²) < 4.78 is 26.7. The molecule has 0 aliphatic carbocycles. The van der Waals surface area contributed by atoms with Crippen LogP contribution in [0.1, 0.15) is 0 Å². The van der Waals surface area contributed by atoms with Gasteiger partial charge >= 0.3 is 76.2 Å². The second-order valence-electron chi connectivity index (χ2n) is 0.408. The Morgan fingerprint density at radius 2 is 1.25 bits per heavy atom. The summed E-state index contributed by atoms with van der Waals surface area (Å²) >= 11 is 3.24. The molecule has 0 rings (SSSR count). The van der Waals surface area contributed by atoms with E-state index in [-0.39, 0.29) is 76.2 Å². The zero-order valence-electron chi connectivity index (χ0n) is 4.54.